The van der Waals surface area contributed by atoms with Crippen LogP contribution >= 0.6 is 0 Å². The summed E-state index contributed by atoms with van der Waals surface area (Å²) in [4.78, 5) is 19.8. The Hall–Kier alpha value is -4.15. The van der Waals surface area contributed by atoms with Crippen molar-refractivity contribution >= 4 is 5.91 Å². The number of morpholine rings is 1. The number of hydrogen-bond donors (Lipinski definition) is 0. The van der Waals surface area contributed by atoms with Crippen LogP contribution in [0.25, 0.3) is 0 Å². The van der Waals surface area contributed by atoms with Crippen LogP contribution < -0.4 is 28.4 Å². The predicted octanol–water partition coefficient (Wildman–Crippen LogP) is 6.90. The van der Waals surface area contributed by atoms with Crippen molar-refractivity contribution in [2.75, 3.05) is 81.5 Å². The normalized spacial score (nSPS) is 20.2. The fraction of sp³-hybridized carbons (Fsp3) is 0.548. The number of carbonyl (C=O) groups is 1. The molecule has 4 atom stereocenters. The number of amides is 1. The molecule has 2 heterocycles. The first-order chi connectivity index (χ1) is 25.4. The molecule has 0 aromatic heterocycles. The first-order valence-electron chi connectivity index (χ1n) is 18.8. The summed E-state index contributed by atoms with van der Waals surface area (Å²) >= 11 is 0. The van der Waals surface area contributed by atoms with Crippen molar-refractivity contribution in [2.24, 2.45) is 5.92 Å². The number of rotatable bonds is 17. The molecule has 10 heteroatoms. The van der Waals surface area contributed by atoms with E-state index >= 15 is 4.79 Å². The van der Waals surface area contributed by atoms with Crippen molar-refractivity contribution in [3.8, 4) is 34.5 Å². The summed E-state index contributed by atoms with van der Waals surface area (Å²) in [7, 11) is 8.17. The summed E-state index contributed by atoms with van der Waals surface area (Å²) in [6.07, 6.45) is 4.76. The molecule has 4 unspecified atom stereocenters. The topological polar surface area (TPSA) is 88.2 Å². The zero-order chi connectivity index (χ0) is 36.6. The second kappa shape index (κ2) is 17.6. The Morgan fingerprint density at radius 2 is 1.50 bits per heavy atom. The van der Waals surface area contributed by atoms with Crippen molar-refractivity contribution in [2.45, 2.75) is 62.8 Å². The molecule has 52 heavy (non-hydrogen) atoms. The number of carbonyl (C=O) groups excluding carboxylic acids is 1. The van der Waals surface area contributed by atoms with E-state index in [1.165, 1.54) is 5.56 Å². The summed E-state index contributed by atoms with van der Waals surface area (Å²) in [6, 6.07) is 18.5. The maximum absolute atomic E-state index is 15.2. The average molecular weight is 717 g/mol. The predicted molar refractivity (Wildman–Crippen MR) is 201 cm³/mol. The molecule has 2 aliphatic heterocycles. The van der Waals surface area contributed by atoms with Gasteiger partial charge in [0.15, 0.2) is 23.0 Å². The first-order valence-corrected chi connectivity index (χ1v) is 18.8. The van der Waals surface area contributed by atoms with Crippen LogP contribution in [0.1, 0.15) is 73.5 Å². The molecular weight excluding hydrogens is 660 g/mol. The van der Waals surface area contributed by atoms with Crippen molar-refractivity contribution in [1.29, 1.82) is 0 Å². The summed E-state index contributed by atoms with van der Waals surface area (Å²) in [6.45, 7) is 7.76. The Labute approximate surface area is 309 Å². The molecule has 3 aromatic rings. The standard InChI is InChI=1S/C42H56N2O8/c1-7-33(29-9-8-10-32(24-29)52-22-19-43-17-20-51-21-18-43)40-34(30-13-14-36(46-2)37(25-30)47-3)15-16-44(40)42(45)35(23-28-11-12-28)31-26-38(48-4)41(50-6)39(27-31)49-5/h8-10,13-14,24-28,33-35,40H,7,11-12,15-23H2,1-6H3. The monoisotopic (exact) mass is 716 g/mol. The smallest absolute Gasteiger partial charge is 0.230 e. The van der Waals surface area contributed by atoms with Gasteiger partial charge in [-0.05, 0) is 78.3 Å². The lowest BCUT2D eigenvalue weighted by atomic mass is 9.78. The van der Waals surface area contributed by atoms with Gasteiger partial charge < -0.3 is 38.1 Å². The summed E-state index contributed by atoms with van der Waals surface area (Å²) in [5, 5.41) is 0. The molecule has 0 bridgehead atoms. The van der Waals surface area contributed by atoms with Crippen molar-refractivity contribution in [3.63, 3.8) is 0 Å². The fourth-order valence-electron chi connectivity index (χ4n) is 8.21. The zero-order valence-electron chi connectivity index (χ0n) is 31.7. The number of nitrogens with zero attached hydrogens (tertiary/aromatic N) is 2. The van der Waals surface area contributed by atoms with Gasteiger partial charge in [0.1, 0.15) is 12.4 Å². The van der Waals surface area contributed by atoms with E-state index in [0.717, 1.165) is 81.8 Å². The third kappa shape index (κ3) is 8.39. The Balaban J connectivity index is 1.36. The lowest BCUT2D eigenvalue weighted by Gasteiger charge is -2.37. The summed E-state index contributed by atoms with van der Waals surface area (Å²) in [5.41, 5.74) is 3.21. The summed E-state index contributed by atoms with van der Waals surface area (Å²) < 4.78 is 40.3. The molecule has 0 radical (unpaired) electrons. The van der Waals surface area contributed by atoms with Gasteiger partial charge in [0.25, 0.3) is 0 Å². The van der Waals surface area contributed by atoms with Crippen LogP contribution in [-0.4, -0.2) is 103 Å². The molecule has 2 saturated heterocycles. The number of methoxy groups -OCH3 is 5. The van der Waals surface area contributed by atoms with Crippen LogP contribution in [0.5, 0.6) is 34.5 Å². The van der Waals surface area contributed by atoms with E-state index in [1.54, 1.807) is 35.5 Å². The quantitative estimate of drug-likeness (QED) is 0.148. The van der Waals surface area contributed by atoms with Crippen molar-refractivity contribution in [3.05, 3.63) is 71.3 Å². The van der Waals surface area contributed by atoms with E-state index in [1.807, 2.05) is 24.3 Å². The first kappa shape index (κ1) is 37.6. The van der Waals surface area contributed by atoms with Crippen LogP contribution in [-0.2, 0) is 9.53 Å². The lowest BCUT2D eigenvalue weighted by Crippen LogP contribution is -2.43. The number of benzene rings is 3. The second-order valence-corrected chi connectivity index (χ2v) is 14.1. The van der Waals surface area contributed by atoms with Gasteiger partial charge in [0.2, 0.25) is 11.7 Å². The Morgan fingerprint density at radius 3 is 2.13 bits per heavy atom. The molecule has 3 fully saturated rings. The largest absolute Gasteiger partial charge is 0.493 e. The third-order valence-electron chi connectivity index (χ3n) is 11.1. The van der Waals surface area contributed by atoms with Gasteiger partial charge >= 0.3 is 0 Å². The number of likely N-dealkylation sites (tertiary alicyclic amines) is 1. The van der Waals surface area contributed by atoms with Crippen LogP contribution in [0.4, 0.5) is 0 Å². The molecule has 6 rings (SSSR count). The highest BCUT2D eigenvalue weighted by Crippen LogP contribution is 2.49. The van der Waals surface area contributed by atoms with Gasteiger partial charge in [0, 0.05) is 44.1 Å². The highest BCUT2D eigenvalue weighted by molar-refractivity contribution is 5.85. The van der Waals surface area contributed by atoms with E-state index in [4.69, 9.17) is 33.2 Å². The van der Waals surface area contributed by atoms with Gasteiger partial charge in [-0.25, -0.2) is 0 Å². The van der Waals surface area contributed by atoms with Crippen molar-refractivity contribution in [1.82, 2.24) is 9.80 Å². The fourth-order valence-corrected chi connectivity index (χ4v) is 8.21. The van der Waals surface area contributed by atoms with E-state index in [-0.39, 0.29) is 29.7 Å². The van der Waals surface area contributed by atoms with E-state index < -0.39 is 0 Å². The highest BCUT2D eigenvalue weighted by Gasteiger charge is 2.45. The number of hydrogen-bond acceptors (Lipinski definition) is 9. The summed E-state index contributed by atoms with van der Waals surface area (Å²) in [5.74, 6) is 4.34. The second-order valence-electron chi connectivity index (χ2n) is 14.1. The van der Waals surface area contributed by atoms with Crippen molar-refractivity contribution < 1.29 is 38.0 Å². The van der Waals surface area contributed by atoms with Crippen LogP contribution in [0, 0.1) is 5.92 Å². The van der Waals surface area contributed by atoms with E-state index in [2.05, 4.69) is 47.1 Å². The SMILES string of the molecule is CCC(c1cccc(OCCN2CCOCC2)c1)C1C(c2ccc(OC)c(OC)c2)CCN1C(=O)C(CC1CC1)c1cc(OC)c(OC)c(OC)c1. The minimum atomic E-state index is -0.347. The molecular formula is C42H56N2O8. The molecule has 10 nitrogen and oxygen atoms in total. The average Bonchev–Trinajstić information content (AvgIpc) is 3.92. The molecule has 1 saturated carbocycles. The molecule has 1 aliphatic carbocycles. The van der Waals surface area contributed by atoms with Gasteiger partial charge in [-0.15, -0.1) is 0 Å². The minimum absolute atomic E-state index is 0.0638. The molecule has 0 N–H and O–H groups in total. The molecule has 3 aliphatic rings. The Morgan fingerprint density at radius 1 is 0.788 bits per heavy atom. The zero-order valence-corrected chi connectivity index (χ0v) is 31.7. The van der Waals surface area contributed by atoms with Gasteiger partial charge in [-0.3, -0.25) is 9.69 Å². The van der Waals surface area contributed by atoms with E-state index in [0.29, 0.717) is 47.8 Å². The third-order valence-corrected chi connectivity index (χ3v) is 11.1. The number of ether oxygens (including phenoxy) is 7. The van der Waals surface area contributed by atoms with Crippen LogP contribution in [0.3, 0.4) is 0 Å². The van der Waals surface area contributed by atoms with Gasteiger partial charge in [-0.2, -0.15) is 0 Å². The Bertz CT molecular complexity index is 1610. The highest BCUT2D eigenvalue weighted by atomic mass is 16.5. The van der Waals surface area contributed by atoms with E-state index in [9.17, 15) is 0 Å². The lowest BCUT2D eigenvalue weighted by molar-refractivity contribution is -0.134. The molecule has 0 spiro atoms. The maximum atomic E-state index is 15.2. The van der Waals surface area contributed by atoms with Gasteiger partial charge in [-0.1, -0.05) is 38.0 Å². The minimum Gasteiger partial charge on any atom is -0.493 e. The van der Waals surface area contributed by atoms with Crippen LogP contribution in [0.2, 0.25) is 0 Å². The molecule has 282 valence electrons. The van der Waals surface area contributed by atoms with Gasteiger partial charge in [0.05, 0.1) is 54.7 Å². The molecule has 1 amide bonds. The molecule has 3 aromatic carbocycles. The maximum Gasteiger partial charge on any atom is 0.230 e. The van der Waals surface area contributed by atoms with Crippen LogP contribution in [0.15, 0.2) is 54.6 Å². The Kier molecular flexibility index (Phi) is 12.7.